The summed E-state index contributed by atoms with van der Waals surface area (Å²) in [5.41, 5.74) is 5.57. The van der Waals surface area contributed by atoms with Crippen LogP contribution in [0, 0.1) is 10.5 Å². The number of fused-ring (bicyclic) bond motifs is 1. The minimum atomic E-state index is -0.0248. The molecular weight excluding hydrogens is 361 g/mol. The van der Waals surface area contributed by atoms with Gasteiger partial charge in [-0.2, -0.15) is 0 Å². The van der Waals surface area contributed by atoms with Crippen molar-refractivity contribution in [2.24, 2.45) is 0 Å². The smallest absolute Gasteiger partial charge is 0.255 e. The van der Waals surface area contributed by atoms with Crippen LogP contribution < -0.4 is 5.32 Å². The van der Waals surface area contributed by atoms with Gasteiger partial charge in [0.2, 0.25) is 0 Å². The highest BCUT2D eigenvalue weighted by Gasteiger charge is 2.16. The highest BCUT2D eigenvalue weighted by molar-refractivity contribution is 14.1. The molecule has 2 aromatic carbocycles. The average Bonchev–Trinajstić information content (AvgIpc) is 2.91. The van der Waals surface area contributed by atoms with Crippen molar-refractivity contribution in [3.05, 3.63) is 62.2 Å². The van der Waals surface area contributed by atoms with Gasteiger partial charge in [0.25, 0.3) is 5.91 Å². The van der Waals surface area contributed by atoms with E-state index in [0.29, 0.717) is 0 Å². The average molecular weight is 377 g/mol. The number of hydrogen-bond donors (Lipinski definition) is 1. The second-order valence-electron chi connectivity index (χ2n) is 5.21. The molecule has 0 unspecified atom stereocenters. The van der Waals surface area contributed by atoms with E-state index in [2.05, 4.69) is 34.0 Å². The van der Waals surface area contributed by atoms with Crippen molar-refractivity contribution in [1.82, 2.24) is 0 Å². The van der Waals surface area contributed by atoms with Gasteiger partial charge in [-0.1, -0.05) is 18.2 Å². The van der Waals surface area contributed by atoms with Crippen molar-refractivity contribution >= 4 is 34.2 Å². The summed E-state index contributed by atoms with van der Waals surface area (Å²) in [7, 11) is 0. The van der Waals surface area contributed by atoms with Crippen molar-refractivity contribution in [3.8, 4) is 0 Å². The molecule has 0 radical (unpaired) electrons. The normalized spacial score (nSPS) is 13.1. The summed E-state index contributed by atoms with van der Waals surface area (Å²) in [6.45, 7) is 2.05. The van der Waals surface area contributed by atoms with E-state index in [0.717, 1.165) is 27.7 Å². The predicted molar refractivity (Wildman–Crippen MR) is 90.3 cm³/mol. The largest absolute Gasteiger partial charge is 0.322 e. The molecule has 0 aromatic heterocycles. The molecule has 0 bridgehead atoms. The number of rotatable bonds is 2. The standard InChI is InChI=1S/C17H16INO/c1-11-8-9-13(10-15(11)18)17(20)19-16-7-3-5-12-4-2-6-14(12)16/h3,5,7-10H,2,4,6H2,1H3,(H,19,20). The third-order valence-electron chi connectivity index (χ3n) is 3.83. The molecule has 0 heterocycles. The number of aryl methyl sites for hydroxylation is 2. The van der Waals surface area contributed by atoms with E-state index < -0.39 is 0 Å². The zero-order valence-electron chi connectivity index (χ0n) is 11.4. The molecule has 0 aliphatic heterocycles. The number of benzene rings is 2. The van der Waals surface area contributed by atoms with Gasteiger partial charge in [-0.05, 0) is 83.7 Å². The quantitative estimate of drug-likeness (QED) is 0.776. The third kappa shape index (κ3) is 2.59. The lowest BCUT2D eigenvalue weighted by Crippen LogP contribution is -2.13. The highest BCUT2D eigenvalue weighted by Crippen LogP contribution is 2.29. The number of amides is 1. The molecule has 2 aromatic rings. The summed E-state index contributed by atoms with van der Waals surface area (Å²) in [4.78, 5) is 12.4. The van der Waals surface area contributed by atoms with Crippen molar-refractivity contribution in [2.75, 3.05) is 5.32 Å². The second-order valence-corrected chi connectivity index (χ2v) is 6.38. The fraction of sp³-hybridized carbons (Fsp3) is 0.235. The Bertz CT molecular complexity index is 679. The Morgan fingerprint density at radius 3 is 2.85 bits per heavy atom. The number of halogens is 1. The summed E-state index contributed by atoms with van der Waals surface area (Å²) in [5.74, 6) is -0.0248. The lowest BCUT2D eigenvalue weighted by Gasteiger charge is -2.11. The molecule has 1 aliphatic carbocycles. The summed E-state index contributed by atoms with van der Waals surface area (Å²) in [6.07, 6.45) is 3.38. The van der Waals surface area contributed by atoms with Crippen LogP contribution in [0.5, 0.6) is 0 Å². The van der Waals surface area contributed by atoms with Gasteiger partial charge >= 0.3 is 0 Å². The minimum absolute atomic E-state index is 0.0248. The zero-order valence-corrected chi connectivity index (χ0v) is 13.5. The first-order chi connectivity index (χ1) is 9.65. The molecule has 2 nitrogen and oxygen atoms in total. The van der Waals surface area contributed by atoms with Crippen LogP contribution in [0.4, 0.5) is 5.69 Å². The van der Waals surface area contributed by atoms with E-state index in [1.54, 1.807) is 0 Å². The van der Waals surface area contributed by atoms with Gasteiger partial charge in [-0.15, -0.1) is 0 Å². The number of carbonyl (C=O) groups is 1. The molecule has 0 spiro atoms. The predicted octanol–water partition coefficient (Wildman–Crippen LogP) is 4.34. The summed E-state index contributed by atoms with van der Waals surface area (Å²) < 4.78 is 1.12. The van der Waals surface area contributed by atoms with Crippen LogP contribution in [0.2, 0.25) is 0 Å². The van der Waals surface area contributed by atoms with Crippen LogP contribution in [-0.2, 0) is 12.8 Å². The maximum absolute atomic E-state index is 12.4. The molecule has 0 atom stereocenters. The Morgan fingerprint density at radius 1 is 1.20 bits per heavy atom. The second kappa shape index (κ2) is 5.56. The molecular formula is C17H16INO. The van der Waals surface area contributed by atoms with Gasteiger partial charge in [0, 0.05) is 14.8 Å². The maximum Gasteiger partial charge on any atom is 0.255 e. The van der Waals surface area contributed by atoms with Gasteiger partial charge < -0.3 is 5.32 Å². The van der Waals surface area contributed by atoms with Gasteiger partial charge in [0.1, 0.15) is 0 Å². The van der Waals surface area contributed by atoms with E-state index in [4.69, 9.17) is 0 Å². The molecule has 0 saturated carbocycles. The Kier molecular flexibility index (Phi) is 3.78. The summed E-state index contributed by atoms with van der Waals surface area (Å²) in [5, 5.41) is 3.06. The van der Waals surface area contributed by atoms with Crippen LogP contribution >= 0.6 is 22.6 Å². The molecule has 0 fully saturated rings. The van der Waals surface area contributed by atoms with Gasteiger partial charge in [0.05, 0.1) is 0 Å². The van der Waals surface area contributed by atoms with Gasteiger partial charge in [-0.25, -0.2) is 0 Å². The first-order valence-electron chi connectivity index (χ1n) is 6.83. The monoisotopic (exact) mass is 377 g/mol. The molecule has 1 amide bonds. The van der Waals surface area contributed by atoms with Crippen molar-refractivity contribution in [3.63, 3.8) is 0 Å². The Labute approximate surface area is 132 Å². The SMILES string of the molecule is Cc1ccc(C(=O)Nc2cccc3c2CCC3)cc1I. The Morgan fingerprint density at radius 2 is 2.05 bits per heavy atom. The van der Waals surface area contributed by atoms with E-state index in [9.17, 15) is 4.79 Å². The topological polar surface area (TPSA) is 29.1 Å². The lowest BCUT2D eigenvalue weighted by atomic mass is 10.1. The Hall–Kier alpha value is -1.36. The molecule has 20 heavy (non-hydrogen) atoms. The molecule has 1 N–H and O–H groups in total. The van der Waals surface area contributed by atoms with Crippen molar-refractivity contribution in [1.29, 1.82) is 0 Å². The number of carbonyl (C=O) groups excluding carboxylic acids is 1. The number of nitrogens with one attached hydrogen (secondary N) is 1. The van der Waals surface area contributed by atoms with E-state index in [1.165, 1.54) is 23.1 Å². The first-order valence-corrected chi connectivity index (χ1v) is 7.91. The maximum atomic E-state index is 12.4. The third-order valence-corrected chi connectivity index (χ3v) is 4.99. The van der Waals surface area contributed by atoms with Crippen LogP contribution in [0.15, 0.2) is 36.4 Å². The van der Waals surface area contributed by atoms with Crippen LogP contribution in [0.25, 0.3) is 0 Å². The molecule has 3 rings (SSSR count). The van der Waals surface area contributed by atoms with Gasteiger partial charge in [0.15, 0.2) is 0 Å². The van der Waals surface area contributed by atoms with E-state index >= 15 is 0 Å². The fourth-order valence-corrected chi connectivity index (χ4v) is 3.18. The van der Waals surface area contributed by atoms with E-state index in [1.807, 2.05) is 37.3 Å². The molecule has 0 saturated heterocycles. The lowest BCUT2D eigenvalue weighted by molar-refractivity contribution is 0.102. The van der Waals surface area contributed by atoms with Crippen molar-refractivity contribution < 1.29 is 4.79 Å². The van der Waals surface area contributed by atoms with Crippen molar-refractivity contribution in [2.45, 2.75) is 26.2 Å². The minimum Gasteiger partial charge on any atom is -0.322 e. The van der Waals surface area contributed by atoms with Crippen LogP contribution in [-0.4, -0.2) is 5.91 Å². The molecule has 102 valence electrons. The summed E-state index contributed by atoms with van der Waals surface area (Å²) in [6, 6.07) is 12.0. The van der Waals surface area contributed by atoms with Crippen LogP contribution in [0.1, 0.15) is 33.5 Å². The molecule has 3 heteroatoms. The number of anilines is 1. The first kappa shape index (κ1) is 13.6. The zero-order chi connectivity index (χ0) is 14.1. The van der Waals surface area contributed by atoms with E-state index in [-0.39, 0.29) is 5.91 Å². The Balaban J connectivity index is 1.86. The summed E-state index contributed by atoms with van der Waals surface area (Å²) >= 11 is 2.26. The van der Waals surface area contributed by atoms with Gasteiger partial charge in [-0.3, -0.25) is 4.79 Å². The highest BCUT2D eigenvalue weighted by atomic mass is 127. The molecule has 1 aliphatic rings. The number of hydrogen-bond acceptors (Lipinski definition) is 1. The fourth-order valence-electron chi connectivity index (χ4n) is 2.67. The van der Waals surface area contributed by atoms with Crippen LogP contribution in [0.3, 0.4) is 0 Å².